The first-order chi connectivity index (χ1) is 11.3. The van der Waals surface area contributed by atoms with E-state index in [1.165, 1.54) is 0 Å². The summed E-state index contributed by atoms with van der Waals surface area (Å²) in [6, 6.07) is 4.11. The van der Waals surface area contributed by atoms with Gasteiger partial charge in [0.25, 0.3) is 0 Å². The van der Waals surface area contributed by atoms with Crippen molar-refractivity contribution in [3.63, 3.8) is 0 Å². The molecule has 1 heterocycles. The maximum absolute atomic E-state index is 10.8. The zero-order chi connectivity index (χ0) is 19.0. The molecule has 0 saturated carbocycles. The lowest BCUT2D eigenvalue weighted by Gasteiger charge is -2.28. The van der Waals surface area contributed by atoms with Gasteiger partial charge in [-0.05, 0) is 53.5 Å². The molecule has 4 nitrogen and oxygen atoms in total. The molecule has 25 heavy (non-hydrogen) atoms. The number of hydrogen-bond acceptors (Lipinski definition) is 4. The van der Waals surface area contributed by atoms with Crippen LogP contribution in [0, 0.1) is 0 Å². The third-order valence-corrected chi connectivity index (χ3v) is 4.43. The molecule has 4 heteroatoms. The molecule has 1 N–H and O–H groups in total. The van der Waals surface area contributed by atoms with Crippen molar-refractivity contribution < 1.29 is 19.3 Å². The Morgan fingerprint density at radius 2 is 1.60 bits per heavy atom. The Hall–Kier alpha value is -1.10. The predicted molar refractivity (Wildman–Crippen MR) is 100 cm³/mol. The van der Waals surface area contributed by atoms with Gasteiger partial charge in [0.2, 0.25) is 0 Å². The molecule has 1 aliphatic rings. The largest absolute Gasteiger partial charge is 0.507 e. The Bertz CT molecular complexity index is 570. The first-order valence-corrected chi connectivity index (χ1v) is 9.06. The second-order valence-electron chi connectivity index (χ2n) is 9.51. The second-order valence-corrected chi connectivity index (χ2v) is 9.51. The van der Waals surface area contributed by atoms with Crippen LogP contribution in [0.15, 0.2) is 12.1 Å². The number of rotatable bonds is 4. The van der Waals surface area contributed by atoms with Gasteiger partial charge < -0.3 is 19.3 Å². The quantitative estimate of drug-likeness (QED) is 0.858. The third-order valence-electron chi connectivity index (χ3n) is 4.43. The highest BCUT2D eigenvalue weighted by molar-refractivity contribution is 5.49. The Morgan fingerprint density at radius 1 is 1.08 bits per heavy atom. The van der Waals surface area contributed by atoms with E-state index in [0.717, 1.165) is 16.7 Å². The van der Waals surface area contributed by atoms with Gasteiger partial charge in [-0.15, -0.1) is 0 Å². The van der Waals surface area contributed by atoms with Gasteiger partial charge in [0.1, 0.15) is 11.9 Å². The molecule has 1 aromatic rings. The van der Waals surface area contributed by atoms with E-state index >= 15 is 0 Å². The molecular weight excluding hydrogens is 316 g/mol. The molecule has 1 unspecified atom stereocenters. The maximum Gasteiger partial charge on any atom is 0.163 e. The van der Waals surface area contributed by atoms with Crippen LogP contribution in [0.25, 0.3) is 0 Å². The van der Waals surface area contributed by atoms with Gasteiger partial charge in [0.05, 0.1) is 19.8 Å². The van der Waals surface area contributed by atoms with E-state index in [4.69, 9.17) is 14.2 Å². The minimum absolute atomic E-state index is 0.0312. The van der Waals surface area contributed by atoms with Crippen LogP contribution in [0.3, 0.4) is 0 Å². The molecule has 0 bridgehead atoms. The molecule has 1 atom stereocenters. The molecule has 142 valence electrons. The summed E-state index contributed by atoms with van der Waals surface area (Å²) in [6.07, 6.45) is -0.0312. The van der Waals surface area contributed by atoms with Crippen LogP contribution in [0.5, 0.6) is 5.75 Å². The lowest BCUT2D eigenvalue weighted by Crippen LogP contribution is -2.24. The smallest absolute Gasteiger partial charge is 0.163 e. The zero-order valence-electron chi connectivity index (χ0n) is 17.0. The monoisotopic (exact) mass is 350 g/mol. The molecular formula is C21H34O4. The molecule has 0 spiro atoms. The number of hydrogen-bond donors (Lipinski definition) is 1. The van der Waals surface area contributed by atoms with E-state index in [9.17, 15) is 5.11 Å². The van der Waals surface area contributed by atoms with Crippen LogP contribution < -0.4 is 0 Å². The van der Waals surface area contributed by atoms with E-state index in [0.29, 0.717) is 25.6 Å². The summed E-state index contributed by atoms with van der Waals surface area (Å²) in [4.78, 5) is 0. The fourth-order valence-electron chi connectivity index (χ4n) is 3.07. The first kappa shape index (κ1) is 20.2. The predicted octanol–water partition coefficient (Wildman–Crippen LogP) is 4.66. The summed E-state index contributed by atoms with van der Waals surface area (Å²) < 4.78 is 17.2. The number of ether oxygens (including phenoxy) is 3. The Morgan fingerprint density at radius 3 is 2.00 bits per heavy atom. The number of phenolic OH excluding ortho intramolecular Hbond substituents is 1. The molecule has 0 radical (unpaired) electrons. The van der Waals surface area contributed by atoms with Gasteiger partial charge >= 0.3 is 0 Å². The molecule has 1 saturated heterocycles. The Balaban J connectivity index is 2.15. The summed E-state index contributed by atoms with van der Waals surface area (Å²) in [6.45, 7) is 18.1. The SMILES string of the molecule is CC1(C)OCC(COCc2cc(C(C)(C)C)c(O)c(C(C)(C)C)c2)O1. The van der Waals surface area contributed by atoms with E-state index in [1.807, 2.05) is 13.8 Å². The highest BCUT2D eigenvalue weighted by Crippen LogP contribution is 2.39. The number of aromatic hydroxyl groups is 1. The summed E-state index contributed by atoms with van der Waals surface area (Å²) in [5, 5.41) is 10.8. The van der Waals surface area contributed by atoms with Crippen molar-refractivity contribution in [2.24, 2.45) is 0 Å². The van der Waals surface area contributed by atoms with Crippen molar-refractivity contribution in [1.82, 2.24) is 0 Å². The summed E-state index contributed by atoms with van der Waals surface area (Å²) in [5.74, 6) is -0.121. The minimum Gasteiger partial charge on any atom is -0.507 e. The van der Waals surface area contributed by atoms with Crippen molar-refractivity contribution in [2.45, 2.75) is 84.7 Å². The number of phenols is 1. The van der Waals surface area contributed by atoms with Gasteiger partial charge in [-0.25, -0.2) is 0 Å². The maximum atomic E-state index is 10.8. The molecule has 0 aromatic heterocycles. The van der Waals surface area contributed by atoms with Crippen LogP contribution in [-0.2, 0) is 31.6 Å². The molecule has 0 aliphatic carbocycles. The highest BCUT2D eigenvalue weighted by atomic mass is 16.7. The van der Waals surface area contributed by atoms with E-state index in [1.54, 1.807) is 0 Å². The fourth-order valence-corrected chi connectivity index (χ4v) is 3.07. The summed E-state index contributed by atoms with van der Waals surface area (Å²) >= 11 is 0. The first-order valence-electron chi connectivity index (χ1n) is 9.06. The Labute approximate surface area is 152 Å². The fraction of sp³-hybridized carbons (Fsp3) is 0.714. The van der Waals surface area contributed by atoms with Gasteiger partial charge in [-0.1, -0.05) is 41.5 Å². The van der Waals surface area contributed by atoms with Crippen molar-refractivity contribution in [1.29, 1.82) is 0 Å². The second kappa shape index (κ2) is 6.90. The van der Waals surface area contributed by atoms with Crippen LogP contribution in [0.2, 0.25) is 0 Å². The zero-order valence-corrected chi connectivity index (χ0v) is 17.0. The lowest BCUT2D eigenvalue weighted by molar-refractivity contribution is -0.145. The normalized spacial score (nSPS) is 20.9. The van der Waals surface area contributed by atoms with Gasteiger partial charge in [0, 0.05) is 0 Å². The average Bonchev–Trinajstić information content (AvgIpc) is 2.77. The van der Waals surface area contributed by atoms with Gasteiger partial charge in [0.15, 0.2) is 5.79 Å². The topological polar surface area (TPSA) is 47.9 Å². The van der Waals surface area contributed by atoms with E-state index < -0.39 is 5.79 Å². The minimum atomic E-state index is -0.522. The van der Waals surface area contributed by atoms with E-state index in [2.05, 4.69) is 53.7 Å². The molecule has 2 rings (SSSR count). The molecule has 0 amide bonds. The lowest BCUT2D eigenvalue weighted by atomic mass is 9.78. The molecule has 1 aromatic carbocycles. The third kappa shape index (κ3) is 5.19. The van der Waals surface area contributed by atoms with Crippen LogP contribution in [0.1, 0.15) is 72.1 Å². The summed E-state index contributed by atoms with van der Waals surface area (Å²) in [5.41, 5.74) is 2.73. The van der Waals surface area contributed by atoms with Crippen molar-refractivity contribution in [2.75, 3.05) is 13.2 Å². The van der Waals surface area contributed by atoms with Gasteiger partial charge in [-0.2, -0.15) is 0 Å². The standard InChI is InChI=1S/C21H34O4/c1-19(2,3)16-9-14(10-17(18(16)22)20(4,5)6)11-23-12-15-13-24-21(7,8)25-15/h9-10,15,22H,11-13H2,1-8H3. The average molecular weight is 350 g/mol. The van der Waals surface area contributed by atoms with Crippen molar-refractivity contribution in [3.05, 3.63) is 28.8 Å². The molecule has 1 fully saturated rings. The van der Waals surface area contributed by atoms with Crippen LogP contribution in [-0.4, -0.2) is 30.2 Å². The summed E-state index contributed by atoms with van der Waals surface area (Å²) in [7, 11) is 0. The highest BCUT2D eigenvalue weighted by Gasteiger charge is 2.32. The van der Waals surface area contributed by atoms with Gasteiger partial charge in [-0.3, -0.25) is 0 Å². The molecule has 1 aliphatic heterocycles. The van der Waals surface area contributed by atoms with Crippen molar-refractivity contribution in [3.8, 4) is 5.75 Å². The van der Waals surface area contributed by atoms with Crippen molar-refractivity contribution >= 4 is 0 Å². The van der Waals surface area contributed by atoms with Crippen LogP contribution >= 0.6 is 0 Å². The number of benzene rings is 1. The van der Waals surface area contributed by atoms with E-state index in [-0.39, 0.29) is 16.9 Å². The van der Waals surface area contributed by atoms with Crippen LogP contribution in [0.4, 0.5) is 0 Å². The Kier molecular flexibility index (Phi) is 5.58.